The number of rotatable bonds is 6. The Hall–Kier alpha value is -3.88. The molecule has 9 heteroatoms. The molecule has 0 bridgehead atoms. The molecule has 1 N–H and O–H groups in total. The topological polar surface area (TPSA) is 71.5 Å². The molecule has 0 radical (unpaired) electrons. The summed E-state index contributed by atoms with van der Waals surface area (Å²) in [5, 5.41) is 2.77. The molecule has 0 spiro atoms. The molecule has 1 aliphatic heterocycles. The van der Waals surface area contributed by atoms with E-state index in [1.54, 1.807) is 42.7 Å². The van der Waals surface area contributed by atoms with Crippen molar-refractivity contribution in [3.63, 3.8) is 0 Å². The SMILES string of the molecule is O=C(NCc1ccc(OC(F)(F)F)cc1)C1c2ccccc2C(=O)N1Cc1cccnc1. The largest absolute Gasteiger partial charge is 0.573 e. The van der Waals surface area contributed by atoms with E-state index in [0.29, 0.717) is 16.7 Å². The highest BCUT2D eigenvalue weighted by Crippen LogP contribution is 2.35. The molecule has 1 aliphatic rings. The van der Waals surface area contributed by atoms with Crippen molar-refractivity contribution in [1.82, 2.24) is 15.2 Å². The van der Waals surface area contributed by atoms with Crippen LogP contribution < -0.4 is 10.1 Å². The van der Waals surface area contributed by atoms with E-state index in [1.165, 1.54) is 29.2 Å². The van der Waals surface area contributed by atoms with Gasteiger partial charge in [-0.15, -0.1) is 13.2 Å². The van der Waals surface area contributed by atoms with Gasteiger partial charge in [-0.25, -0.2) is 0 Å². The molecule has 0 saturated carbocycles. The van der Waals surface area contributed by atoms with Crippen LogP contribution in [-0.4, -0.2) is 28.1 Å². The van der Waals surface area contributed by atoms with Gasteiger partial charge in [0.25, 0.3) is 5.91 Å². The Balaban J connectivity index is 1.49. The van der Waals surface area contributed by atoms with E-state index in [9.17, 15) is 22.8 Å². The number of alkyl halides is 3. The summed E-state index contributed by atoms with van der Waals surface area (Å²) in [6.45, 7) is 0.293. The Kier molecular flexibility index (Phi) is 5.81. The monoisotopic (exact) mass is 441 g/mol. The molecule has 1 aromatic heterocycles. The molecule has 164 valence electrons. The van der Waals surface area contributed by atoms with Crippen molar-refractivity contribution in [2.45, 2.75) is 25.5 Å². The zero-order chi connectivity index (χ0) is 22.7. The van der Waals surface area contributed by atoms with Crippen molar-refractivity contribution in [1.29, 1.82) is 0 Å². The van der Waals surface area contributed by atoms with Crippen molar-refractivity contribution in [2.75, 3.05) is 0 Å². The lowest BCUT2D eigenvalue weighted by atomic mass is 10.0. The minimum absolute atomic E-state index is 0.0821. The van der Waals surface area contributed by atoms with E-state index >= 15 is 0 Å². The molecule has 3 aromatic rings. The third-order valence-corrected chi connectivity index (χ3v) is 5.01. The van der Waals surface area contributed by atoms with Gasteiger partial charge in [-0.05, 0) is 41.0 Å². The molecule has 2 amide bonds. The van der Waals surface area contributed by atoms with Crippen LogP contribution in [0.4, 0.5) is 13.2 Å². The van der Waals surface area contributed by atoms with Crippen molar-refractivity contribution < 1.29 is 27.5 Å². The van der Waals surface area contributed by atoms with E-state index in [0.717, 1.165) is 5.56 Å². The first kappa shape index (κ1) is 21.4. The summed E-state index contributed by atoms with van der Waals surface area (Å²) in [6.07, 6.45) is -1.51. The van der Waals surface area contributed by atoms with Crippen molar-refractivity contribution >= 4 is 11.8 Å². The van der Waals surface area contributed by atoms with Gasteiger partial charge < -0.3 is 15.0 Å². The molecule has 0 saturated heterocycles. The number of amides is 2. The standard InChI is InChI=1S/C23H18F3N3O3/c24-23(25,26)32-17-9-7-15(8-10-17)13-28-21(30)20-18-5-1-2-6-19(18)22(31)29(20)14-16-4-3-11-27-12-16/h1-12,20H,13-14H2,(H,28,30). The summed E-state index contributed by atoms with van der Waals surface area (Å²) in [4.78, 5) is 31.6. The summed E-state index contributed by atoms with van der Waals surface area (Å²) in [5.41, 5.74) is 2.44. The normalized spacial score (nSPS) is 15.4. The molecular weight excluding hydrogens is 423 g/mol. The first-order chi connectivity index (χ1) is 15.3. The third-order valence-electron chi connectivity index (χ3n) is 5.01. The maximum absolute atomic E-state index is 13.1. The van der Waals surface area contributed by atoms with Gasteiger partial charge in [-0.2, -0.15) is 0 Å². The average Bonchev–Trinajstić information content (AvgIpc) is 3.04. The minimum Gasteiger partial charge on any atom is -0.406 e. The van der Waals surface area contributed by atoms with Crippen LogP contribution in [0.1, 0.15) is 33.1 Å². The number of hydrogen-bond donors (Lipinski definition) is 1. The highest BCUT2D eigenvalue weighted by atomic mass is 19.4. The second kappa shape index (κ2) is 8.70. The van der Waals surface area contributed by atoms with Gasteiger partial charge in [0.15, 0.2) is 0 Å². The maximum atomic E-state index is 13.1. The number of ether oxygens (including phenoxy) is 1. The molecule has 1 unspecified atom stereocenters. The number of nitrogens with zero attached hydrogens (tertiary/aromatic N) is 2. The van der Waals surface area contributed by atoms with Crippen molar-refractivity contribution in [3.8, 4) is 5.75 Å². The number of carbonyl (C=O) groups excluding carboxylic acids is 2. The zero-order valence-electron chi connectivity index (χ0n) is 16.7. The number of halogens is 3. The first-order valence-corrected chi connectivity index (χ1v) is 9.73. The lowest BCUT2D eigenvalue weighted by Crippen LogP contribution is -2.38. The van der Waals surface area contributed by atoms with E-state index in [2.05, 4.69) is 15.0 Å². The molecule has 6 nitrogen and oxygen atoms in total. The number of pyridine rings is 1. The van der Waals surface area contributed by atoms with Gasteiger partial charge in [0.1, 0.15) is 11.8 Å². The van der Waals surface area contributed by atoms with Crippen LogP contribution >= 0.6 is 0 Å². The maximum Gasteiger partial charge on any atom is 0.573 e. The van der Waals surface area contributed by atoms with Gasteiger partial charge in [0, 0.05) is 31.0 Å². The molecule has 32 heavy (non-hydrogen) atoms. The van der Waals surface area contributed by atoms with Crippen LogP contribution in [0.3, 0.4) is 0 Å². The summed E-state index contributed by atoms with van der Waals surface area (Å²) < 4.78 is 40.7. The lowest BCUT2D eigenvalue weighted by molar-refractivity contribution is -0.274. The van der Waals surface area contributed by atoms with Crippen LogP contribution in [0, 0.1) is 0 Å². The summed E-state index contributed by atoms with van der Waals surface area (Å²) in [7, 11) is 0. The molecule has 0 fully saturated rings. The smallest absolute Gasteiger partial charge is 0.406 e. The number of aromatic nitrogens is 1. The number of carbonyl (C=O) groups is 2. The molecule has 0 aliphatic carbocycles. The van der Waals surface area contributed by atoms with E-state index < -0.39 is 12.4 Å². The second-order valence-electron chi connectivity index (χ2n) is 7.19. The van der Waals surface area contributed by atoms with Crippen molar-refractivity contribution in [3.05, 3.63) is 95.3 Å². The molecule has 2 heterocycles. The summed E-state index contributed by atoms with van der Waals surface area (Å²) in [6, 6.07) is 14.9. The Labute approximate surface area is 181 Å². The Morgan fingerprint density at radius 2 is 1.78 bits per heavy atom. The average molecular weight is 441 g/mol. The summed E-state index contributed by atoms with van der Waals surface area (Å²) in [5.74, 6) is -0.980. The van der Waals surface area contributed by atoms with Crippen LogP contribution in [0.15, 0.2) is 73.1 Å². The highest BCUT2D eigenvalue weighted by Gasteiger charge is 2.40. The minimum atomic E-state index is -4.77. The number of nitrogens with one attached hydrogen (secondary N) is 1. The van der Waals surface area contributed by atoms with Gasteiger partial charge in [-0.3, -0.25) is 14.6 Å². The summed E-state index contributed by atoms with van der Waals surface area (Å²) >= 11 is 0. The predicted molar refractivity (Wildman–Crippen MR) is 108 cm³/mol. The van der Waals surface area contributed by atoms with Crippen LogP contribution in [-0.2, 0) is 17.9 Å². The van der Waals surface area contributed by atoms with Crippen LogP contribution in [0.25, 0.3) is 0 Å². The van der Waals surface area contributed by atoms with E-state index in [4.69, 9.17) is 0 Å². The highest BCUT2D eigenvalue weighted by molar-refractivity contribution is 6.04. The van der Waals surface area contributed by atoms with Gasteiger partial charge in [0.05, 0.1) is 0 Å². The predicted octanol–water partition coefficient (Wildman–Crippen LogP) is 3.99. The van der Waals surface area contributed by atoms with Gasteiger partial charge >= 0.3 is 6.36 Å². The Bertz CT molecular complexity index is 1120. The number of hydrogen-bond acceptors (Lipinski definition) is 4. The molecule has 1 atom stereocenters. The van der Waals surface area contributed by atoms with Crippen LogP contribution in [0.5, 0.6) is 5.75 Å². The Morgan fingerprint density at radius 1 is 1.03 bits per heavy atom. The van der Waals surface area contributed by atoms with E-state index in [-0.39, 0.29) is 30.7 Å². The second-order valence-corrected chi connectivity index (χ2v) is 7.19. The fourth-order valence-corrected chi connectivity index (χ4v) is 3.60. The lowest BCUT2D eigenvalue weighted by Gasteiger charge is -2.24. The van der Waals surface area contributed by atoms with Crippen LogP contribution in [0.2, 0.25) is 0 Å². The first-order valence-electron chi connectivity index (χ1n) is 9.73. The van der Waals surface area contributed by atoms with Gasteiger partial charge in [-0.1, -0.05) is 36.4 Å². The molecular formula is C23H18F3N3O3. The quantitative estimate of drug-likeness (QED) is 0.628. The number of benzene rings is 2. The fraction of sp³-hybridized carbons (Fsp3) is 0.174. The molecule has 4 rings (SSSR count). The van der Waals surface area contributed by atoms with Gasteiger partial charge in [0.2, 0.25) is 5.91 Å². The zero-order valence-corrected chi connectivity index (χ0v) is 16.7. The fourth-order valence-electron chi connectivity index (χ4n) is 3.60. The Morgan fingerprint density at radius 3 is 2.47 bits per heavy atom. The van der Waals surface area contributed by atoms with E-state index in [1.807, 2.05) is 6.07 Å². The molecule has 2 aromatic carbocycles. The third kappa shape index (κ3) is 4.72. The van der Waals surface area contributed by atoms with Crippen molar-refractivity contribution in [2.24, 2.45) is 0 Å². The number of fused-ring (bicyclic) bond motifs is 1.